The SMILES string of the molecule is CS(=O)(=O)N1CCC(Oc2nc(CNc3ncnc(N)c3C(=N)/C(C=N)=C/N)nc3cccc(Cl)c23)CC1. The average Bonchev–Trinajstić information content (AvgIpc) is 2.88. The first kappa shape index (κ1) is 27.2. The van der Waals surface area contributed by atoms with Gasteiger partial charge in [-0.05, 0) is 25.0 Å². The highest BCUT2D eigenvalue weighted by Crippen LogP contribution is 2.32. The lowest BCUT2D eigenvalue weighted by molar-refractivity contribution is 0.131. The lowest BCUT2D eigenvalue weighted by atomic mass is 10.1. The second-order valence-corrected chi connectivity index (χ2v) is 10.9. The number of rotatable bonds is 9. The van der Waals surface area contributed by atoms with Gasteiger partial charge in [0, 0.05) is 31.1 Å². The molecule has 1 aromatic carbocycles. The summed E-state index contributed by atoms with van der Waals surface area (Å²) >= 11 is 6.47. The summed E-state index contributed by atoms with van der Waals surface area (Å²) in [5, 5.41) is 20.0. The molecule has 1 fully saturated rings. The van der Waals surface area contributed by atoms with Crippen molar-refractivity contribution in [2.75, 3.05) is 30.4 Å². The highest BCUT2D eigenvalue weighted by atomic mass is 35.5. The lowest BCUT2D eigenvalue weighted by Crippen LogP contribution is -2.41. The largest absolute Gasteiger partial charge is 0.474 e. The van der Waals surface area contributed by atoms with E-state index in [1.54, 1.807) is 18.2 Å². The molecule has 0 aliphatic carbocycles. The molecule has 1 aliphatic heterocycles. The molecule has 1 aliphatic rings. The first-order chi connectivity index (χ1) is 18.1. The van der Waals surface area contributed by atoms with Crippen molar-refractivity contribution in [1.82, 2.24) is 24.2 Å². The number of hydrogen-bond acceptors (Lipinski definition) is 12. The molecular weight excluding hydrogens is 532 g/mol. The maximum atomic E-state index is 11.9. The summed E-state index contributed by atoms with van der Waals surface area (Å²) in [5.41, 5.74) is 12.3. The molecule has 7 N–H and O–H groups in total. The van der Waals surface area contributed by atoms with E-state index in [4.69, 9.17) is 38.6 Å². The number of fused-ring (bicyclic) bond motifs is 1. The van der Waals surface area contributed by atoms with E-state index in [1.807, 2.05) is 0 Å². The predicted molar refractivity (Wildman–Crippen MR) is 146 cm³/mol. The van der Waals surface area contributed by atoms with Crippen molar-refractivity contribution >= 4 is 56.1 Å². The molecule has 0 spiro atoms. The van der Waals surface area contributed by atoms with Crippen molar-refractivity contribution in [3.63, 3.8) is 0 Å². The van der Waals surface area contributed by atoms with Crippen molar-refractivity contribution in [1.29, 1.82) is 10.8 Å². The van der Waals surface area contributed by atoms with Gasteiger partial charge >= 0.3 is 0 Å². The Hall–Kier alpha value is -3.88. The summed E-state index contributed by atoms with van der Waals surface area (Å²) in [5.74, 6) is 0.945. The van der Waals surface area contributed by atoms with E-state index in [9.17, 15) is 8.42 Å². The molecule has 13 nitrogen and oxygen atoms in total. The number of sulfonamides is 1. The number of nitrogens with two attached hydrogens (primary N) is 2. The van der Waals surface area contributed by atoms with Crippen LogP contribution in [0.2, 0.25) is 5.02 Å². The van der Waals surface area contributed by atoms with E-state index < -0.39 is 10.0 Å². The number of halogens is 1. The Balaban J connectivity index is 1.61. The van der Waals surface area contributed by atoms with Gasteiger partial charge in [-0.2, -0.15) is 4.98 Å². The van der Waals surface area contributed by atoms with E-state index >= 15 is 0 Å². The molecule has 15 heteroatoms. The zero-order valence-electron chi connectivity index (χ0n) is 20.5. The quantitative estimate of drug-likeness (QED) is 0.241. The number of anilines is 2. The number of nitrogens with one attached hydrogen (secondary N) is 3. The number of aromatic nitrogens is 4. The summed E-state index contributed by atoms with van der Waals surface area (Å²) in [6, 6.07) is 5.28. The van der Waals surface area contributed by atoms with Crippen LogP contribution in [-0.4, -0.2) is 70.0 Å². The molecule has 0 radical (unpaired) electrons. The highest BCUT2D eigenvalue weighted by molar-refractivity contribution is 7.88. The van der Waals surface area contributed by atoms with Gasteiger partial charge in [-0.25, -0.2) is 27.7 Å². The van der Waals surface area contributed by atoms with Crippen LogP contribution in [0, 0.1) is 10.8 Å². The van der Waals surface area contributed by atoms with E-state index in [0.29, 0.717) is 53.6 Å². The Bertz CT molecular complexity index is 1520. The van der Waals surface area contributed by atoms with Crippen molar-refractivity contribution in [3.8, 4) is 5.88 Å². The van der Waals surface area contributed by atoms with E-state index in [1.165, 1.54) is 16.9 Å². The van der Waals surface area contributed by atoms with Crippen LogP contribution < -0.4 is 21.5 Å². The molecule has 4 rings (SSSR count). The van der Waals surface area contributed by atoms with Crippen LogP contribution in [0.3, 0.4) is 0 Å². The normalized spacial score (nSPS) is 15.4. The Kier molecular flexibility index (Phi) is 8.04. The molecule has 3 aromatic rings. The van der Waals surface area contributed by atoms with Gasteiger partial charge < -0.3 is 26.9 Å². The molecule has 0 unspecified atom stereocenters. The Labute approximate surface area is 224 Å². The van der Waals surface area contributed by atoms with Crippen molar-refractivity contribution in [2.24, 2.45) is 5.73 Å². The van der Waals surface area contributed by atoms with E-state index in [-0.39, 0.29) is 41.1 Å². The van der Waals surface area contributed by atoms with Crippen LogP contribution in [0.1, 0.15) is 24.2 Å². The number of hydrogen-bond donors (Lipinski definition) is 5. The predicted octanol–water partition coefficient (Wildman–Crippen LogP) is 1.93. The lowest BCUT2D eigenvalue weighted by Gasteiger charge is -2.30. The second kappa shape index (κ2) is 11.2. The fraction of sp³-hybridized carbons (Fsp3) is 0.304. The fourth-order valence-corrected chi connectivity index (χ4v) is 5.17. The van der Waals surface area contributed by atoms with Gasteiger partial charge in [-0.3, -0.25) is 5.41 Å². The smallest absolute Gasteiger partial charge is 0.226 e. The van der Waals surface area contributed by atoms with Gasteiger partial charge in [0.15, 0.2) is 5.82 Å². The van der Waals surface area contributed by atoms with Crippen LogP contribution in [0.25, 0.3) is 10.9 Å². The minimum atomic E-state index is -3.26. The van der Waals surface area contributed by atoms with Gasteiger partial charge in [0.2, 0.25) is 15.9 Å². The maximum absolute atomic E-state index is 11.9. The van der Waals surface area contributed by atoms with Gasteiger partial charge in [-0.15, -0.1) is 0 Å². The van der Waals surface area contributed by atoms with Crippen molar-refractivity contribution < 1.29 is 13.2 Å². The summed E-state index contributed by atoms with van der Waals surface area (Å²) in [4.78, 5) is 17.3. The van der Waals surface area contributed by atoms with Crippen LogP contribution in [-0.2, 0) is 16.6 Å². The zero-order valence-corrected chi connectivity index (χ0v) is 22.1. The number of nitrogens with zero attached hydrogens (tertiary/aromatic N) is 5. The molecule has 0 amide bonds. The Morgan fingerprint density at radius 3 is 2.68 bits per heavy atom. The molecular formula is C23H27ClN10O3S. The highest BCUT2D eigenvalue weighted by Gasteiger charge is 2.27. The van der Waals surface area contributed by atoms with E-state index in [0.717, 1.165) is 12.4 Å². The summed E-state index contributed by atoms with van der Waals surface area (Å²) in [6.45, 7) is 0.801. The molecule has 38 heavy (non-hydrogen) atoms. The number of nitrogen functional groups attached to an aromatic ring is 1. The third-order valence-electron chi connectivity index (χ3n) is 6.00. The fourth-order valence-electron chi connectivity index (χ4n) is 4.05. The summed E-state index contributed by atoms with van der Waals surface area (Å²) in [7, 11) is -3.26. The standard InChI is InChI=1S/C23H27ClN10O3S/c1-38(35,36)34-7-5-14(6-8-34)37-23-18-15(24)3-2-4-16(18)32-17(33-23)11-29-22-19(21(28)30-12-31-22)20(27)13(9-25)10-26/h2-4,9-10,12,14,25,27H,5-8,11,26H2,1H3,(H3,28,29,30,31)/b13-10+,25-9?,27-20?. The topological polar surface area (TPSA) is 210 Å². The third-order valence-corrected chi connectivity index (χ3v) is 7.62. The number of allylic oxidation sites excluding steroid dienone is 1. The Morgan fingerprint density at radius 1 is 1.29 bits per heavy atom. The minimum Gasteiger partial charge on any atom is -0.474 e. The molecule has 2 aromatic heterocycles. The third kappa shape index (κ3) is 5.82. The summed E-state index contributed by atoms with van der Waals surface area (Å²) < 4.78 is 31.4. The van der Waals surface area contributed by atoms with Crippen molar-refractivity contribution in [2.45, 2.75) is 25.5 Å². The van der Waals surface area contributed by atoms with Gasteiger partial charge in [-0.1, -0.05) is 17.7 Å². The molecule has 0 bridgehead atoms. The van der Waals surface area contributed by atoms with Crippen molar-refractivity contribution in [3.05, 3.63) is 52.7 Å². The first-order valence-electron chi connectivity index (χ1n) is 11.5. The monoisotopic (exact) mass is 558 g/mol. The summed E-state index contributed by atoms with van der Waals surface area (Å²) in [6.07, 6.45) is 5.29. The second-order valence-electron chi connectivity index (χ2n) is 8.54. The number of piperidine rings is 1. The minimum absolute atomic E-state index is 0.0457. The van der Waals surface area contributed by atoms with Gasteiger partial charge in [0.05, 0.1) is 40.0 Å². The molecule has 1 saturated heterocycles. The first-order valence-corrected chi connectivity index (χ1v) is 13.8. The average molecular weight is 559 g/mol. The molecule has 200 valence electrons. The van der Waals surface area contributed by atoms with Crippen LogP contribution in [0.4, 0.5) is 11.6 Å². The van der Waals surface area contributed by atoms with E-state index in [2.05, 4.69) is 25.3 Å². The molecule has 0 saturated carbocycles. The van der Waals surface area contributed by atoms with Crippen LogP contribution in [0.15, 0.2) is 36.3 Å². The van der Waals surface area contributed by atoms with Crippen LogP contribution in [0.5, 0.6) is 5.88 Å². The maximum Gasteiger partial charge on any atom is 0.226 e. The Morgan fingerprint density at radius 2 is 2.03 bits per heavy atom. The zero-order chi connectivity index (χ0) is 27.4. The van der Waals surface area contributed by atoms with Crippen LogP contribution >= 0.6 is 11.6 Å². The molecule has 0 atom stereocenters. The number of ether oxygens (including phenoxy) is 1. The van der Waals surface area contributed by atoms with Gasteiger partial charge in [0.25, 0.3) is 0 Å². The molecule has 3 heterocycles. The number of benzene rings is 1. The van der Waals surface area contributed by atoms with Gasteiger partial charge in [0.1, 0.15) is 24.1 Å².